The van der Waals surface area contributed by atoms with E-state index in [4.69, 9.17) is 10.5 Å². The molecule has 3 aromatic rings. The highest BCUT2D eigenvalue weighted by molar-refractivity contribution is 5.88. The lowest BCUT2D eigenvalue weighted by Crippen LogP contribution is -2.04. The summed E-state index contributed by atoms with van der Waals surface area (Å²) in [5, 5.41) is 2.33. The molecule has 0 bridgehead atoms. The molecule has 3 rings (SSSR count). The number of fused-ring (bicyclic) bond motifs is 1. The summed E-state index contributed by atoms with van der Waals surface area (Å²) < 4.78 is 5.99. The zero-order valence-electron chi connectivity index (χ0n) is 11.3. The molecule has 20 heavy (non-hydrogen) atoms. The molecule has 0 spiro atoms. The quantitative estimate of drug-likeness (QED) is 0.775. The van der Waals surface area contributed by atoms with Crippen molar-refractivity contribution in [3.05, 3.63) is 77.9 Å². The van der Waals surface area contributed by atoms with Gasteiger partial charge >= 0.3 is 0 Å². The van der Waals surface area contributed by atoms with Gasteiger partial charge in [-0.15, -0.1) is 0 Å². The number of hydrogen-bond acceptors (Lipinski definition) is 2. The van der Waals surface area contributed by atoms with E-state index in [-0.39, 0.29) is 0 Å². The van der Waals surface area contributed by atoms with Crippen molar-refractivity contribution in [1.29, 1.82) is 0 Å². The zero-order valence-corrected chi connectivity index (χ0v) is 11.3. The van der Waals surface area contributed by atoms with Crippen molar-refractivity contribution < 1.29 is 4.74 Å². The first kappa shape index (κ1) is 12.7. The molecule has 3 aromatic carbocycles. The van der Waals surface area contributed by atoms with Crippen molar-refractivity contribution in [3.8, 4) is 5.75 Å². The summed E-state index contributed by atoms with van der Waals surface area (Å²) in [5.74, 6) is 0.912. The van der Waals surface area contributed by atoms with Crippen molar-refractivity contribution in [1.82, 2.24) is 0 Å². The van der Waals surface area contributed by atoms with Gasteiger partial charge in [0.1, 0.15) is 12.4 Å². The Balaban J connectivity index is 1.87. The SMILES string of the molecule is NCc1ccccc1COc1cccc2ccccc12. The molecule has 0 radical (unpaired) electrons. The van der Waals surface area contributed by atoms with Gasteiger partial charge in [-0.2, -0.15) is 0 Å². The van der Waals surface area contributed by atoms with Crippen LogP contribution in [0.15, 0.2) is 66.7 Å². The number of nitrogens with two attached hydrogens (primary N) is 1. The number of benzene rings is 3. The van der Waals surface area contributed by atoms with Crippen LogP contribution in [0, 0.1) is 0 Å². The molecular weight excluding hydrogens is 246 g/mol. The van der Waals surface area contributed by atoms with Crippen LogP contribution in [0.5, 0.6) is 5.75 Å². The third kappa shape index (κ3) is 2.51. The zero-order chi connectivity index (χ0) is 13.8. The van der Waals surface area contributed by atoms with Crippen LogP contribution < -0.4 is 10.5 Å². The normalized spacial score (nSPS) is 10.7. The van der Waals surface area contributed by atoms with Gasteiger partial charge in [0.05, 0.1) is 0 Å². The van der Waals surface area contributed by atoms with E-state index in [0.717, 1.165) is 22.3 Å². The van der Waals surface area contributed by atoms with Crippen LogP contribution in [0.1, 0.15) is 11.1 Å². The maximum Gasteiger partial charge on any atom is 0.127 e. The molecule has 0 aliphatic rings. The minimum Gasteiger partial charge on any atom is -0.488 e. The van der Waals surface area contributed by atoms with Gasteiger partial charge < -0.3 is 10.5 Å². The molecule has 0 unspecified atom stereocenters. The third-order valence-corrected chi connectivity index (χ3v) is 3.47. The lowest BCUT2D eigenvalue weighted by Gasteiger charge is -2.11. The summed E-state index contributed by atoms with van der Waals surface area (Å²) in [4.78, 5) is 0. The predicted octanol–water partition coefficient (Wildman–Crippen LogP) is 3.88. The van der Waals surface area contributed by atoms with Gasteiger partial charge in [0.15, 0.2) is 0 Å². The van der Waals surface area contributed by atoms with E-state index in [2.05, 4.69) is 24.3 Å². The molecule has 0 atom stereocenters. The van der Waals surface area contributed by atoms with Crippen LogP contribution in [-0.4, -0.2) is 0 Å². The molecule has 2 heteroatoms. The number of hydrogen-bond donors (Lipinski definition) is 1. The van der Waals surface area contributed by atoms with Crippen LogP contribution in [0.4, 0.5) is 0 Å². The molecule has 0 aromatic heterocycles. The second-order valence-electron chi connectivity index (χ2n) is 4.74. The predicted molar refractivity (Wildman–Crippen MR) is 82.6 cm³/mol. The molecule has 100 valence electrons. The van der Waals surface area contributed by atoms with Crippen molar-refractivity contribution >= 4 is 10.8 Å². The Hall–Kier alpha value is -2.32. The highest BCUT2D eigenvalue weighted by Crippen LogP contribution is 2.26. The summed E-state index contributed by atoms with van der Waals surface area (Å²) in [6, 6.07) is 22.5. The second kappa shape index (κ2) is 5.76. The van der Waals surface area contributed by atoms with Gasteiger partial charge in [0.2, 0.25) is 0 Å². The molecule has 2 N–H and O–H groups in total. The summed E-state index contributed by atoms with van der Waals surface area (Å²) in [6.45, 7) is 1.08. The largest absolute Gasteiger partial charge is 0.488 e. The van der Waals surface area contributed by atoms with Crippen LogP contribution >= 0.6 is 0 Å². The van der Waals surface area contributed by atoms with Crippen LogP contribution in [-0.2, 0) is 13.2 Å². The van der Waals surface area contributed by atoms with E-state index < -0.39 is 0 Å². The van der Waals surface area contributed by atoms with Gasteiger partial charge in [0.25, 0.3) is 0 Å². The molecule has 2 nitrogen and oxygen atoms in total. The summed E-state index contributed by atoms with van der Waals surface area (Å²) in [5.41, 5.74) is 8.03. The van der Waals surface area contributed by atoms with Crippen molar-refractivity contribution in [2.75, 3.05) is 0 Å². The Labute approximate surface area is 118 Å². The Bertz CT molecular complexity index is 716. The van der Waals surface area contributed by atoms with Gasteiger partial charge in [-0.1, -0.05) is 60.7 Å². The highest BCUT2D eigenvalue weighted by Gasteiger charge is 2.04. The fourth-order valence-electron chi connectivity index (χ4n) is 2.37. The minimum absolute atomic E-state index is 0.537. The average Bonchev–Trinajstić information content (AvgIpc) is 2.53. The van der Waals surface area contributed by atoms with Gasteiger partial charge in [0, 0.05) is 11.9 Å². The standard InChI is InChI=1S/C18H17NO/c19-12-15-7-1-2-8-16(15)13-20-18-11-5-9-14-6-3-4-10-17(14)18/h1-11H,12-13,19H2. The van der Waals surface area contributed by atoms with Gasteiger partial charge in [-0.05, 0) is 22.6 Å². The Morgan fingerprint density at radius 1 is 0.750 bits per heavy atom. The summed E-state index contributed by atoms with van der Waals surface area (Å²) in [7, 11) is 0. The Morgan fingerprint density at radius 2 is 1.45 bits per heavy atom. The van der Waals surface area contributed by atoms with E-state index in [0.29, 0.717) is 13.2 Å². The average molecular weight is 263 g/mol. The summed E-state index contributed by atoms with van der Waals surface area (Å²) >= 11 is 0. The van der Waals surface area contributed by atoms with Crippen molar-refractivity contribution in [2.24, 2.45) is 5.73 Å². The molecule has 0 fully saturated rings. The maximum atomic E-state index is 5.99. The molecule has 0 saturated carbocycles. The molecule has 0 amide bonds. The van der Waals surface area contributed by atoms with Gasteiger partial charge in [-0.3, -0.25) is 0 Å². The highest BCUT2D eigenvalue weighted by atomic mass is 16.5. The summed E-state index contributed by atoms with van der Waals surface area (Å²) in [6.07, 6.45) is 0. The molecule has 0 aliphatic heterocycles. The molecule has 0 heterocycles. The lowest BCUT2D eigenvalue weighted by atomic mass is 10.1. The maximum absolute atomic E-state index is 5.99. The molecular formula is C18H17NO. The topological polar surface area (TPSA) is 35.2 Å². The fraction of sp³-hybridized carbons (Fsp3) is 0.111. The first-order valence-electron chi connectivity index (χ1n) is 6.76. The lowest BCUT2D eigenvalue weighted by molar-refractivity contribution is 0.309. The van der Waals surface area contributed by atoms with E-state index in [1.165, 1.54) is 5.39 Å². The minimum atomic E-state index is 0.537. The van der Waals surface area contributed by atoms with E-state index in [1.54, 1.807) is 0 Å². The second-order valence-corrected chi connectivity index (χ2v) is 4.74. The van der Waals surface area contributed by atoms with Crippen LogP contribution in [0.3, 0.4) is 0 Å². The monoisotopic (exact) mass is 263 g/mol. The van der Waals surface area contributed by atoms with Gasteiger partial charge in [-0.25, -0.2) is 0 Å². The van der Waals surface area contributed by atoms with E-state index in [9.17, 15) is 0 Å². The number of ether oxygens (including phenoxy) is 1. The van der Waals surface area contributed by atoms with Crippen LogP contribution in [0.25, 0.3) is 10.8 Å². The molecule has 0 saturated heterocycles. The Kier molecular flexibility index (Phi) is 3.66. The number of rotatable bonds is 4. The Morgan fingerprint density at radius 3 is 2.30 bits per heavy atom. The van der Waals surface area contributed by atoms with E-state index >= 15 is 0 Å². The van der Waals surface area contributed by atoms with Crippen molar-refractivity contribution in [3.63, 3.8) is 0 Å². The smallest absolute Gasteiger partial charge is 0.127 e. The van der Waals surface area contributed by atoms with Crippen LogP contribution in [0.2, 0.25) is 0 Å². The first-order chi connectivity index (χ1) is 9.88. The first-order valence-corrected chi connectivity index (χ1v) is 6.76. The fourth-order valence-corrected chi connectivity index (χ4v) is 2.37. The molecule has 0 aliphatic carbocycles. The third-order valence-electron chi connectivity index (χ3n) is 3.47. The van der Waals surface area contributed by atoms with E-state index in [1.807, 2.05) is 42.5 Å². The van der Waals surface area contributed by atoms with Crippen molar-refractivity contribution in [2.45, 2.75) is 13.2 Å².